The Morgan fingerprint density at radius 3 is 2.71 bits per heavy atom. The van der Waals surface area contributed by atoms with Crippen LogP contribution in [-0.2, 0) is 11.2 Å². The van der Waals surface area contributed by atoms with Gasteiger partial charge in [-0.3, -0.25) is 0 Å². The van der Waals surface area contributed by atoms with Crippen LogP contribution in [0.5, 0.6) is 0 Å². The van der Waals surface area contributed by atoms with Crippen LogP contribution in [0.2, 0.25) is 10.0 Å². The Morgan fingerprint density at radius 2 is 2.12 bits per heavy atom. The van der Waals surface area contributed by atoms with E-state index in [4.69, 9.17) is 33.7 Å². The Labute approximate surface area is 111 Å². The van der Waals surface area contributed by atoms with Crippen molar-refractivity contribution in [2.24, 2.45) is 5.73 Å². The van der Waals surface area contributed by atoms with Crippen LogP contribution in [0.4, 0.5) is 0 Å². The maximum atomic E-state index is 6.46. The van der Waals surface area contributed by atoms with Crippen molar-refractivity contribution in [3.8, 4) is 0 Å². The lowest BCUT2D eigenvalue weighted by Crippen LogP contribution is -2.50. The molecule has 2 N–H and O–H groups in total. The summed E-state index contributed by atoms with van der Waals surface area (Å²) in [5, 5.41) is 1.18. The van der Waals surface area contributed by atoms with Crippen molar-refractivity contribution in [3.05, 3.63) is 33.8 Å². The molecule has 1 aromatic carbocycles. The number of hydrogen-bond acceptors (Lipinski definition) is 2. The van der Waals surface area contributed by atoms with Crippen LogP contribution in [0.1, 0.15) is 24.8 Å². The molecule has 0 saturated carbocycles. The first-order valence-corrected chi connectivity index (χ1v) is 6.71. The molecule has 17 heavy (non-hydrogen) atoms. The third-order valence-electron chi connectivity index (χ3n) is 3.87. The molecule has 1 aromatic rings. The molecule has 0 aliphatic carbocycles. The molecule has 0 spiro atoms. The Bertz CT molecular complexity index is 451. The van der Waals surface area contributed by atoms with Crippen LogP contribution in [0, 0.1) is 0 Å². The van der Waals surface area contributed by atoms with Gasteiger partial charge in [-0.1, -0.05) is 29.3 Å². The Kier molecular flexibility index (Phi) is 2.86. The number of nitrogens with two attached hydrogens (primary N) is 1. The van der Waals surface area contributed by atoms with Gasteiger partial charge in [0.05, 0.1) is 22.3 Å². The molecule has 3 atom stereocenters. The summed E-state index contributed by atoms with van der Waals surface area (Å²) in [6, 6.07) is 5.73. The molecule has 0 radical (unpaired) electrons. The van der Waals surface area contributed by atoms with Crippen LogP contribution >= 0.6 is 23.2 Å². The predicted molar refractivity (Wildman–Crippen MR) is 69.6 cm³/mol. The molecule has 4 heteroatoms. The fourth-order valence-corrected chi connectivity index (χ4v) is 3.37. The first-order chi connectivity index (χ1) is 8.07. The second kappa shape index (κ2) is 4.13. The minimum atomic E-state index is -0.222. The van der Waals surface area contributed by atoms with E-state index in [2.05, 4.69) is 0 Å². The first kappa shape index (κ1) is 11.8. The monoisotopic (exact) mass is 271 g/mol. The third kappa shape index (κ3) is 2.08. The quantitative estimate of drug-likeness (QED) is 0.897. The van der Waals surface area contributed by atoms with Gasteiger partial charge in [-0.2, -0.15) is 0 Å². The Hall–Kier alpha value is -0.280. The summed E-state index contributed by atoms with van der Waals surface area (Å²) < 4.78 is 5.83. The van der Waals surface area contributed by atoms with E-state index < -0.39 is 0 Å². The SMILES string of the molecule is NC1(Cc2ccc(Cl)c(Cl)c2)CC2CCC1O2. The van der Waals surface area contributed by atoms with Crippen molar-refractivity contribution in [1.29, 1.82) is 0 Å². The summed E-state index contributed by atoms with van der Waals surface area (Å²) in [5.74, 6) is 0. The third-order valence-corrected chi connectivity index (χ3v) is 4.61. The van der Waals surface area contributed by atoms with E-state index in [0.717, 1.165) is 31.2 Å². The van der Waals surface area contributed by atoms with Gasteiger partial charge in [-0.15, -0.1) is 0 Å². The average molecular weight is 272 g/mol. The number of ether oxygens (including phenoxy) is 1. The van der Waals surface area contributed by atoms with Gasteiger partial charge in [-0.05, 0) is 43.4 Å². The topological polar surface area (TPSA) is 35.2 Å². The summed E-state index contributed by atoms with van der Waals surface area (Å²) in [5.41, 5.74) is 7.38. The van der Waals surface area contributed by atoms with Gasteiger partial charge >= 0.3 is 0 Å². The average Bonchev–Trinajstić information content (AvgIpc) is 2.83. The first-order valence-electron chi connectivity index (χ1n) is 5.95. The van der Waals surface area contributed by atoms with Crippen molar-refractivity contribution in [2.45, 2.75) is 43.4 Å². The molecule has 92 valence electrons. The van der Waals surface area contributed by atoms with Gasteiger partial charge in [0.25, 0.3) is 0 Å². The zero-order valence-corrected chi connectivity index (χ0v) is 11.0. The maximum Gasteiger partial charge on any atom is 0.0763 e. The highest BCUT2D eigenvalue weighted by Gasteiger charge is 2.49. The molecule has 3 unspecified atom stereocenters. The highest BCUT2D eigenvalue weighted by molar-refractivity contribution is 6.42. The van der Waals surface area contributed by atoms with E-state index >= 15 is 0 Å². The minimum Gasteiger partial charge on any atom is -0.373 e. The molecule has 2 heterocycles. The normalized spacial score (nSPS) is 35.5. The van der Waals surface area contributed by atoms with Crippen molar-refractivity contribution in [3.63, 3.8) is 0 Å². The van der Waals surface area contributed by atoms with Crippen LogP contribution < -0.4 is 5.73 Å². The molecular formula is C13H15Cl2NO. The molecule has 2 fully saturated rings. The van der Waals surface area contributed by atoms with E-state index in [0.29, 0.717) is 16.1 Å². The van der Waals surface area contributed by atoms with Crippen molar-refractivity contribution < 1.29 is 4.74 Å². The lowest BCUT2D eigenvalue weighted by atomic mass is 9.78. The maximum absolute atomic E-state index is 6.46. The number of fused-ring (bicyclic) bond motifs is 2. The summed E-state index contributed by atoms with van der Waals surface area (Å²) >= 11 is 11.9. The Balaban J connectivity index is 1.80. The molecule has 2 aliphatic heterocycles. The van der Waals surface area contributed by atoms with Crippen LogP contribution in [0.15, 0.2) is 18.2 Å². The molecule has 3 rings (SSSR count). The van der Waals surface area contributed by atoms with Crippen LogP contribution in [-0.4, -0.2) is 17.7 Å². The second-order valence-corrected chi connectivity index (χ2v) is 6.00. The molecule has 0 aromatic heterocycles. The van der Waals surface area contributed by atoms with E-state index in [9.17, 15) is 0 Å². The standard InChI is InChI=1S/C13H15Cl2NO/c14-10-3-1-8(5-11(10)15)6-13(16)7-9-2-4-12(13)17-9/h1,3,5,9,12H,2,4,6-7,16H2. The molecular weight excluding hydrogens is 257 g/mol. The molecule has 2 bridgehead atoms. The fraction of sp³-hybridized carbons (Fsp3) is 0.538. The van der Waals surface area contributed by atoms with Crippen LogP contribution in [0.3, 0.4) is 0 Å². The summed E-state index contributed by atoms with van der Waals surface area (Å²) in [4.78, 5) is 0. The number of hydrogen-bond donors (Lipinski definition) is 1. The van der Waals surface area contributed by atoms with Gasteiger partial charge < -0.3 is 10.5 Å². The van der Waals surface area contributed by atoms with E-state index in [-0.39, 0.29) is 11.6 Å². The second-order valence-electron chi connectivity index (χ2n) is 5.19. The number of rotatable bonds is 2. The van der Waals surface area contributed by atoms with E-state index in [1.54, 1.807) is 0 Å². The van der Waals surface area contributed by atoms with Gasteiger partial charge in [-0.25, -0.2) is 0 Å². The smallest absolute Gasteiger partial charge is 0.0763 e. The lowest BCUT2D eigenvalue weighted by molar-refractivity contribution is 0.0856. The van der Waals surface area contributed by atoms with Crippen molar-refractivity contribution in [1.82, 2.24) is 0 Å². The minimum absolute atomic E-state index is 0.210. The largest absolute Gasteiger partial charge is 0.373 e. The lowest BCUT2D eigenvalue weighted by Gasteiger charge is -2.31. The summed E-state index contributed by atoms with van der Waals surface area (Å²) in [7, 11) is 0. The highest BCUT2D eigenvalue weighted by atomic mass is 35.5. The molecule has 0 amide bonds. The number of halogens is 2. The van der Waals surface area contributed by atoms with Crippen molar-refractivity contribution in [2.75, 3.05) is 0 Å². The summed E-state index contributed by atoms with van der Waals surface area (Å²) in [6.07, 6.45) is 4.59. The zero-order chi connectivity index (χ0) is 12.0. The zero-order valence-electron chi connectivity index (χ0n) is 9.46. The van der Waals surface area contributed by atoms with Gasteiger partial charge in [0.15, 0.2) is 0 Å². The Morgan fingerprint density at radius 1 is 1.29 bits per heavy atom. The molecule has 2 nitrogen and oxygen atoms in total. The van der Waals surface area contributed by atoms with Crippen molar-refractivity contribution >= 4 is 23.2 Å². The van der Waals surface area contributed by atoms with Gasteiger partial charge in [0, 0.05) is 5.54 Å². The van der Waals surface area contributed by atoms with Gasteiger partial charge in [0.2, 0.25) is 0 Å². The van der Waals surface area contributed by atoms with Gasteiger partial charge in [0.1, 0.15) is 0 Å². The van der Waals surface area contributed by atoms with E-state index in [1.165, 1.54) is 0 Å². The molecule has 2 saturated heterocycles. The van der Waals surface area contributed by atoms with E-state index in [1.807, 2.05) is 18.2 Å². The molecule has 2 aliphatic rings. The fourth-order valence-electron chi connectivity index (χ4n) is 3.05. The highest BCUT2D eigenvalue weighted by Crippen LogP contribution is 2.42. The predicted octanol–water partition coefficient (Wildman–Crippen LogP) is 3.18. The number of benzene rings is 1. The van der Waals surface area contributed by atoms with Crippen LogP contribution in [0.25, 0.3) is 0 Å². The summed E-state index contributed by atoms with van der Waals surface area (Å²) in [6.45, 7) is 0.